The number of carbonyl (C=O) groups excluding carboxylic acids is 1. The number of alkyl halides is 1. The number of ketones is 1. The number of hydrogen-bond acceptors (Lipinski definition) is 4. The minimum Gasteiger partial charge on any atom is -0.481 e. The van der Waals surface area contributed by atoms with Crippen LogP contribution in [0.5, 0.6) is 0 Å². The number of aliphatic carboxylic acids is 1. The van der Waals surface area contributed by atoms with Crippen molar-refractivity contribution in [1.82, 2.24) is 0 Å². The summed E-state index contributed by atoms with van der Waals surface area (Å²) in [5, 5.41) is 29.5. The maximum Gasteiger partial charge on any atom is 0.303 e. The summed E-state index contributed by atoms with van der Waals surface area (Å²) in [6.45, 7) is -0.355. The summed E-state index contributed by atoms with van der Waals surface area (Å²) in [5.74, 6) is -1.31. The van der Waals surface area contributed by atoms with Crippen LogP contribution in [0.3, 0.4) is 0 Å². The summed E-state index contributed by atoms with van der Waals surface area (Å²) in [6.07, 6.45) is 12.9. The van der Waals surface area contributed by atoms with Gasteiger partial charge in [0.2, 0.25) is 0 Å². The number of rotatable bonds is 13. The molecule has 0 saturated heterocycles. The fourth-order valence-electron chi connectivity index (χ4n) is 4.67. The molecular weight excluding hydrogens is 375 g/mol. The second kappa shape index (κ2) is 11.6. The standard InChI is InChI=1S/C23H35FO5/c24-15-7-14-23(12-6-13-23)21(27)10-5-9-18-17(19(25)16-20(18)26)8-3-1-2-4-11-22(28)29/h1,3,5,9,17-18,20-21,26-27H,2,4,6-8,10-16H2,(H,28,29)/t17-,18-,20?,21?/m1/s1. The van der Waals surface area contributed by atoms with E-state index in [0.29, 0.717) is 38.5 Å². The van der Waals surface area contributed by atoms with Gasteiger partial charge in [0.05, 0.1) is 18.9 Å². The Morgan fingerprint density at radius 1 is 1.24 bits per heavy atom. The summed E-state index contributed by atoms with van der Waals surface area (Å²) in [7, 11) is 0. The van der Waals surface area contributed by atoms with Gasteiger partial charge in [0.1, 0.15) is 5.78 Å². The molecular formula is C23H35FO5. The highest BCUT2D eigenvalue weighted by Crippen LogP contribution is 2.48. The number of halogens is 1. The van der Waals surface area contributed by atoms with Crippen LogP contribution in [-0.4, -0.2) is 46.0 Å². The summed E-state index contributed by atoms with van der Waals surface area (Å²) in [5.41, 5.74) is -0.168. The van der Waals surface area contributed by atoms with E-state index in [4.69, 9.17) is 5.11 Å². The predicted molar refractivity (Wildman–Crippen MR) is 109 cm³/mol. The SMILES string of the molecule is O=C(O)CCCC=CC[C@H]1C(=O)CC(O)[C@@H]1C=CCC(O)C1(CCCF)CCC1. The highest BCUT2D eigenvalue weighted by atomic mass is 19.1. The predicted octanol–water partition coefficient (Wildman–Crippen LogP) is 3.98. The highest BCUT2D eigenvalue weighted by molar-refractivity contribution is 5.84. The number of carboxylic acid groups (broad SMARTS) is 1. The Bertz CT molecular complexity index is 596. The lowest BCUT2D eigenvalue weighted by Gasteiger charge is -2.45. The zero-order chi connectivity index (χ0) is 21.3. The first-order valence-corrected chi connectivity index (χ1v) is 10.9. The Morgan fingerprint density at radius 3 is 2.62 bits per heavy atom. The number of allylic oxidation sites excluding steroid dienone is 2. The topological polar surface area (TPSA) is 94.8 Å². The van der Waals surface area contributed by atoms with Crippen molar-refractivity contribution in [3.63, 3.8) is 0 Å². The fourth-order valence-corrected chi connectivity index (χ4v) is 4.67. The van der Waals surface area contributed by atoms with Gasteiger partial charge in [-0.05, 0) is 56.8 Å². The lowest BCUT2D eigenvalue weighted by Crippen LogP contribution is -2.41. The molecule has 3 N–H and O–H groups in total. The van der Waals surface area contributed by atoms with E-state index in [0.717, 1.165) is 19.3 Å². The second-order valence-corrected chi connectivity index (χ2v) is 8.60. The lowest BCUT2D eigenvalue weighted by molar-refractivity contribution is -0.137. The van der Waals surface area contributed by atoms with Crippen LogP contribution >= 0.6 is 0 Å². The minimum atomic E-state index is -0.812. The Kier molecular flexibility index (Phi) is 9.50. The van der Waals surface area contributed by atoms with Gasteiger partial charge < -0.3 is 15.3 Å². The molecule has 0 amide bonds. The van der Waals surface area contributed by atoms with Crippen molar-refractivity contribution in [2.45, 2.75) is 82.8 Å². The van der Waals surface area contributed by atoms with Gasteiger partial charge in [0.25, 0.3) is 0 Å². The molecule has 2 rings (SSSR count). The Labute approximate surface area is 172 Å². The van der Waals surface area contributed by atoms with E-state index in [-0.39, 0.29) is 42.6 Å². The second-order valence-electron chi connectivity index (χ2n) is 8.60. The molecule has 0 radical (unpaired) electrons. The monoisotopic (exact) mass is 410 g/mol. The van der Waals surface area contributed by atoms with E-state index in [1.165, 1.54) is 0 Å². The average molecular weight is 411 g/mol. The largest absolute Gasteiger partial charge is 0.481 e. The number of hydrogen-bond donors (Lipinski definition) is 3. The van der Waals surface area contributed by atoms with Gasteiger partial charge in [-0.2, -0.15) is 0 Å². The zero-order valence-electron chi connectivity index (χ0n) is 17.1. The van der Waals surface area contributed by atoms with Crippen molar-refractivity contribution in [3.8, 4) is 0 Å². The number of unbranched alkanes of at least 4 members (excludes halogenated alkanes) is 1. The third kappa shape index (κ3) is 6.75. The van der Waals surface area contributed by atoms with Crippen molar-refractivity contribution in [3.05, 3.63) is 24.3 Å². The van der Waals surface area contributed by atoms with Gasteiger partial charge in [-0.3, -0.25) is 14.0 Å². The number of carbonyl (C=O) groups is 2. The van der Waals surface area contributed by atoms with Crippen LogP contribution in [0.4, 0.5) is 4.39 Å². The van der Waals surface area contributed by atoms with Crippen LogP contribution < -0.4 is 0 Å². The molecule has 2 fully saturated rings. The van der Waals surface area contributed by atoms with E-state index in [1.54, 1.807) is 0 Å². The van der Waals surface area contributed by atoms with Crippen LogP contribution in [-0.2, 0) is 9.59 Å². The molecule has 0 heterocycles. The molecule has 4 atom stereocenters. The molecule has 0 aromatic carbocycles. The molecule has 5 nitrogen and oxygen atoms in total. The maximum absolute atomic E-state index is 12.5. The molecule has 2 aliphatic carbocycles. The molecule has 2 unspecified atom stereocenters. The third-order valence-electron chi connectivity index (χ3n) is 6.63. The van der Waals surface area contributed by atoms with Crippen LogP contribution in [0.25, 0.3) is 0 Å². The van der Waals surface area contributed by atoms with E-state index in [9.17, 15) is 24.2 Å². The van der Waals surface area contributed by atoms with Gasteiger partial charge in [-0.15, -0.1) is 0 Å². The maximum atomic E-state index is 12.5. The third-order valence-corrected chi connectivity index (χ3v) is 6.63. The Morgan fingerprint density at radius 2 is 2.00 bits per heavy atom. The number of aliphatic hydroxyl groups excluding tert-OH is 2. The van der Waals surface area contributed by atoms with Crippen LogP contribution in [0.2, 0.25) is 0 Å². The van der Waals surface area contributed by atoms with E-state index >= 15 is 0 Å². The van der Waals surface area contributed by atoms with Gasteiger partial charge in [0, 0.05) is 24.7 Å². The van der Waals surface area contributed by atoms with Gasteiger partial charge in [-0.1, -0.05) is 30.7 Å². The smallest absolute Gasteiger partial charge is 0.303 e. The van der Waals surface area contributed by atoms with Crippen LogP contribution in [0.1, 0.15) is 70.6 Å². The van der Waals surface area contributed by atoms with Gasteiger partial charge >= 0.3 is 5.97 Å². The summed E-state index contributed by atoms with van der Waals surface area (Å²) < 4.78 is 12.5. The quantitative estimate of drug-likeness (QED) is 0.315. The first kappa shape index (κ1) is 23.7. The Balaban J connectivity index is 1.85. The minimum absolute atomic E-state index is 0.0429. The summed E-state index contributed by atoms with van der Waals surface area (Å²) >= 11 is 0. The molecule has 2 aliphatic rings. The molecule has 29 heavy (non-hydrogen) atoms. The molecule has 0 aliphatic heterocycles. The van der Waals surface area contributed by atoms with E-state index in [2.05, 4.69) is 0 Å². The van der Waals surface area contributed by atoms with E-state index < -0.39 is 18.2 Å². The molecule has 6 heteroatoms. The number of Topliss-reactive ketones (excluding diaryl/α,β-unsaturated/α-hetero) is 1. The molecule has 0 spiro atoms. The molecule has 2 saturated carbocycles. The van der Waals surface area contributed by atoms with Crippen LogP contribution in [0.15, 0.2) is 24.3 Å². The fraction of sp³-hybridized carbons (Fsp3) is 0.739. The van der Waals surface area contributed by atoms with Gasteiger partial charge in [-0.25, -0.2) is 0 Å². The van der Waals surface area contributed by atoms with Gasteiger partial charge in [0.15, 0.2) is 0 Å². The van der Waals surface area contributed by atoms with E-state index in [1.807, 2.05) is 24.3 Å². The molecule has 0 bridgehead atoms. The van der Waals surface area contributed by atoms with Crippen LogP contribution in [0, 0.1) is 17.3 Å². The van der Waals surface area contributed by atoms with Crippen molar-refractivity contribution in [2.24, 2.45) is 17.3 Å². The molecule has 164 valence electrons. The van der Waals surface area contributed by atoms with Crippen molar-refractivity contribution in [1.29, 1.82) is 0 Å². The summed E-state index contributed by atoms with van der Waals surface area (Å²) in [6, 6.07) is 0. The zero-order valence-corrected chi connectivity index (χ0v) is 17.1. The first-order chi connectivity index (χ1) is 13.9. The summed E-state index contributed by atoms with van der Waals surface area (Å²) in [4.78, 5) is 22.8. The van der Waals surface area contributed by atoms with Crippen molar-refractivity contribution >= 4 is 11.8 Å². The average Bonchev–Trinajstić information content (AvgIpc) is 2.90. The lowest BCUT2D eigenvalue weighted by atomic mass is 9.62. The number of aliphatic hydroxyl groups is 2. The van der Waals surface area contributed by atoms with Crippen molar-refractivity contribution in [2.75, 3.05) is 6.67 Å². The normalized spacial score (nSPS) is 27.6. The number of carboxylic acids is 1. The molecule has 0 aromatic heterocycles. The Hall–Kier alpha value is -1.53. The van der Waals surface area contributed by atoms with Crippen molar-refractivity contribution < 1.29 is 29.3 Å². The first-order valence-electron chi connectivity index (χ1n) is 10.9. The molecule has 0 aromatic rings. The highest BCUT2D eigenvalue weighted by Gasteiger charge is 2.42.